The molecule has 1 N–H and O–H groups in total. The van der Waals surface area contributed by atoms with Crippen LogP contribution in [0.4, 0.5) is 0 Å². The highest BCUT2D eigenvalue weighted by molar-refractivity contribution is 8.01. The fourth-order valence-electron chi connectivity index (χ4n) is 4.54. The number of benzene rings is 3. The standard InChI is InChI=1S/C27H28N2O2S/c30-25(28-19-27(15-16-27)32-22-11-2-1-3-12-22)21-10-7-17-29(18-21)26(31)24-14-6-9-20-8-4-5-13-23(20)24/h1-6,8-9,11-14,21H,7,10,15-19H2,(H,28,30). The molecule has 164 valence electrons. The molecule has 1 heterocycles. The Labute approximate surface area is 193 Å². The molecule has 3 aromatic carbocycles. The fourth-order valence-corrected chi connectivity index (χ4v) is 5.79. The Hall–Kier alpha value is -2.79. The van der Waals surface area contributed by atoms with Crippen LogP contribution in [0.15, 0.2) is 77.7 Å². The lowest BCUT2D eigenvalue weighted by atomic mass is 9.95. The van der Waals surface area contributed by atoms with E-state index in [2.05, 4.69) is 29.6 Å². The van der Waals surface area contributed by atoms with Crippen molar-refractivity contribution in [2.75, 3.05) is 19.6 Å². The maximum atomic E-state index is 13.3. The third-order valence-corrected chi connectivity index (χ3v) is 8.06. The summed E-state index contributed by atoms with van der Waals surface area (Å²) in [6.45, 7) is 1.89. The minimum atomic E-state index is -0.139. The van der Waals surface area contributed by atoms with Crippen LogP contribution in [0.1, 0.15) is 36.0 Å². The Morgan fingerprint density at radius 3 is 2.53 bits per heavy atom. The third-order valence-electron chi connectivity index (χ3n) is 6.57. The van der Waals surface area contributed by atoms with Crippen molar-refractivity contribution in [3.05, 3.63) is 78.4 Å². The van der Waals surface area contributed by atoms with Crippen molar-refractivity contribution >= 4 is 34.3 Å². The molecule has 2 amide bonds. The Kier molecular flexibility index (Phi) is 5.92. The van der Waals surface area contributed by atoms with Gasteiger partial charge in [-0.25, -0.2) is 0 Å². The van der Waals surface area contributed by atoms with Crippen LogP contribution in [0.2, 0.25) is 0 Å². The molecular weight excluding hydrogens is 416 g/mol. The predicted octanol–water partition coefficient (Wildman–Crippen LogP) is 5.13. The number of carbonyl (C=O) groups excluding carboxylic acids is 2. The van der Waals surface area contributed by atoms with Crippen LogP contribution in [0.3, 0.4) is 0 Å². The molecule has 5 heteroatoms. The normalized spacial score (nSPS) is 19.5. The zero-order valence-corrected chi connectivity index (χ0v) is 18.9. The Morgan fingerprint density at radius 2 is 1.72 bits per heavy atom. The molecule has 0 aromatic heterocycles. The van der Waals surface area contributed by atoms with Gasteiger partial charge in [-0.15, -0.1) is 11.8 Å². The van der Waals surface area contributed by atoms with Crippen molar-refractivity contribution in [3.8, 4) is 0 Å². The maximum absolute atomic E-state index is 13.3. The van der Waals surface area contributed by atoms with E-state index >= 15 is 0 Å². The van der Waals surface area contributed by atoms with Gasteiger partial charge >= 0.3 is 0 Å². The Balaban J connectivity index is 1.21. The van der Waals surface area contributed by atoms with Crippen LogP contribution in [-0.2, 0) is 4.79 Å². The van der Waals surface area contributed by atoms with Gasteiger partial charge in [0.1, 0.15) is 0 Å². The summed E-state index contributed by atoms with van der Waals surface area (Å²) in [4.78, 5) is 29.4. The molecule has 32 heavy (non-hydrogen) atoms. The number of likely N-dealkylation sites (tertiary alicyclic amines) is 1. The van der Waals surface area contributed by atoms with Gasteiger partial charge in [-0.1, -0.05) is 54.6 Å². The fraction of sp³-hybridized carbons (Fsp3) is 0.333. The molecule has 5 rings (SSSR count). The molecule has 4 nitrogen and oxygen atoms in total. The number of nitrogens with zero attached hydrogens (tertiary/aromatic N) is 1. The van der Waals surface area contributed by atoms with Crippen molar-refractivity contribution in [2.45, 2.75) is 35.3 Å². The van der Waals surface area contributed by atoms with Gasteiger partial charge < -0.3 is 10.2 Å². The van der Waals surface area contributed by atoms with Crippen LogP contribution >= 0.6 is 11.8 Å². The summed E-state index contributed by atoms with van der Waals surface area (Å²) in [7, 11) is 0. The molecule has 1 atom stereocenters. The van der Waals surface area contributed by atoms with E-state index in [9.17, 15) is 9.59 Å². The SMILES string of the molecule is O=C(NCC1(Sc2ccccc2)CC1)C1CCCN(C(=O)c2cccc3ccccc23)C1. The predicted molar refractivity (Wildman–Crippen MR) is 130 cm³/mol. The number of thioether (sulfide) groups is 1. The largest absolute Gasteiger partial charge is 0.354 e. The molecule has 2 fully saturated rings. The Morgan fingerprint density at radius 1 is 0.969 bits per heavy atom. The summed E-state index contributed by atoms with van der Waals surface area (Å²) in [5.74, 6) is -0.0295. The molecule has 3 aromatic rings. The van der Waals surface area contributed by atoms with Crippen molar-refractivity contribution in [3.63, 3.8) is 0 Å². The number of piperidine rings is 1. The van der Waals surface area contributed by atoms with Crippen LogP contribution in [-0.4, -0.2) is 41.1 Å². The second kappa shape index (κ2) is 8.99. The highest BCUT2D eigenvalue weighted by atomic mass is 32.2. The summed E-state index contributed by atoms with van der Waals surface area (Å²) in [5.41, 5.74) is 0.723. The van der Waals surface area contributed by atoms with E-state index in [1.54, 1.807) is 0 Å². The van der Waals surface area contributed by atoms with E-state index < -0.39 is 0 Å². The van der Waals surface area contributed by atoms with Gasteiger partial charge in [0.15, 0.2) is 0 Å². The van der Waals surface area contributed by atoms with Gasteiger partial charge in [-0.2, -0.15) is 0 Å². The van der Waals surface area contributed by atoms with Crippen molar-refractivity contribution in [1.82, 2.24) is 10.2 Å². The third kappa shape index (κ3) is 4.53. The lowest BCUT2D eigenvalue weighted by Gasteiger charge is -2.32. The lowest BCUT2D eigenvalue weighted by Crippen LogP contribution is -2.46. The molecule has 0 radical (unpaired) electrons. The monoisotopic (exact) mass is 444 g/mol. The van der Waals surface area contributed by atoms with Gasteiger partial charge in [0.25, 0.3) is 5.91 Å². The van der Waals surface area contributed by atoms with Crippen LogP contribution in [0.5, 0.6) is 0 Å². The quantitative estimate of drug-likeness (QED) is 0.573. The van der Waals surface area contributed by atoms with E-state index in [4.69, 9.17) is 0 Å². The van der Waals surface area contributed by atoms with Crippen molar-refractivity contribution in [1.29, 1.82) is 0 Å². The molecule has 1 aliphatic carbocycles. The molecule has 2 aliphatic rings. The molecular formula is C27H28N2O2S. The molecule has 1 unspecified atom stereocenters. The maximum Gasteiger partial charge on any atom is 0.254 e. The topological polar surface area (TPSA) is 49.4 Å². The van der Waals surface area contributed by atoms with Crippen molar-refractivity contribution in [2.24, 2.45) is 5.92 Å². The highest BCUT2D eigenvalue weighted by Crippen LogP contribution is 2.51. The second-order valence-corrected chi connectivity index (χ2v) is 10.5. The average Bonchev–Trinajstić information content (AvgIpc) is 3.62. The lowest BCUT2D eigenvalue weighted by molar-refractivity contribution is -0.126. The number of nitrogens with one attached hydrogen (secondary N) is 1. The van der Waals surface area contributed by atoms with E-state index in [-0.39, 0.29) is 22.5 Å². The van der Waals surface area contributed by atoms with Gasteiger partial charge in [0, 0.05) is 34.8 Å². The number of amides is 2. The number of rotatable bonds is 6. The van der Waals surface area contributed by atoms with Crippen LogP contribution in [0.25, 0.3) is 10.8 Å². The summed E-state index contributed by atoms with van der Waals surface area (Å²) in [6, 6.07) is 24.2. The second-order valence-electron chi connectivity index (χ2n) is 8.93. The van der Waals surface area contributed by atoms with Gasteiger partial charge in [0.2, 0.25) is 5.91 Å². The molecule has 0 spiro atoms. The first-order valence-electron chi connectivity index (χ1n) is 11.4. The van der Waals surface area contributed by atoms with Crippen LogP contribution in [0, 0.1) is 5.92 Å². The highest BCUT2D eigenvalue weighted by Gasteiger charge is 2.44. The number of hydrogen-bond donors (Lipinski definition) is 1. The first-order valence-corrected chi connectivity index (χ1v) is 12.2. The molecule has 1 aliphatic heterocycles. The first-order chi connectivity index (χ1) is 15.6. The van der Waals surface area contributed by atoms with Gasteiger partial charge in [-0.3, -0.25) is 9.59 Å². The number of fused-ring (bicyclic) bond motifs is 1. The molecule has 1 saturated heterocycles. The smallest absolute Gasteiger partial charge is 0.254 e. The summed E-state index contributed by atoms with van der Waals surface area (Å²) in [6.07, 6.45) is 3.95. The zero-order chi connectivity index (χ0) is 22.0. The number of hydrogen-bond acceptors (Lipinski definition) is 3. The molecule has 1 saturated carbocycles. The average molecular weight is 445 g/mol. The minimum Gasteiger partial charge on any atom is -0.354 e. The van der Waals surface area contributed by atoms with Crippen molar-refractivity contribution < 1.29 is 9.59 Å². The van der Waals surface area contributed by atoms with E-state index in [0.717, 1.165) is 42.0 Å². The molecule has 0 bridgehead atoms. The zero-order valence-electron chi connectivity index (χ0n) is 18.1. The number of carbonyl (C=O) groups is 2. The van der Waals surface area contributed by atoms with Gasteiger partial charge in [-0.05, 0) is 54.7 Å². The van der Waals surface area contributed by atoms with E-state index in [1.165, 1.54) is 4.90 Å². The Bertz CT molecular complexity index is 1120. The summed E-state index contributed by atoms with van der Waals surface area (Å²) >= 11 is 1.87. The van der Waals surface area contributed by atoms with E-state index in [0.29, 0.717) is 19.6 Å². The van der Waals surface area contributed by atoms with Crippen LogP contribution < -0.4 is 5.32 Å². The summed E-state index contributed by atoms with van der Waals surface area (Å²) < 4.78 is 0.129. The van der Waals surface area contributed by atoms with E-state index in [1.807, 2.05) is 65.2 Å². The van der Waals surface area contributed by atoms with Gasteiger partial charge in [0.05, 0.1) is 5.92 Å². The summed E-state index contributed by atoms with van der Waals surface area (Å²) in [5, 5.41) is 5.24. The minimum absolute atomic E-state index is 0.0256. The first kappa shape index (κ1) is 21.1.